The Bertz CT molecular complexity index is 537. The van der Waals surface area contributed by atoms with Crippen molar-refractivity contribution >= 4 is 5.91 Å². The normalized spacial score (nSPS) is 10.2. The Morgan fingerprint density at radius 1 is 1.16 bits per heavy atom. The summed E-state index contributed by atoms with van der Waals surface area (Å²) in [5.41, 5.74) is 2.78. The first-order chi connectivity index (χ1) is 9.20. The molecule has 1 amide bonds. The Hall–Kier alpha value is -2.23. The van der Waals surface area contributed by atoms with E-state index >= 15 is 0 Å². The van der Waals surface area contributed by atoms with Gasteiger partial charge in [0, 0.05) is 26.0 Å². The van der Waals surface area contributed by atoms with Crippen LogP contribution < -0.4 is 0 Å². The number of amides is 1. The van der Waals surface area contributed by atoms with Gasteiger partial charge in [-0.05, 0) is 17.5 Å². The van der Waals surface area contributed by atoms with Crippen molar-refractivity contribution < 1.29 is 4.79 Å². The highest BCUT2D eigenvalue weighted by atomic mass is 16.2. The molecule has 0 aliphatic carbocycles. The molecular formula is C15H17N3O. The standard InChI is InChI=1S/C15H17N3O/c1-3-12-4-6-13(7-5-12)11-18(2)15(19)14-10-16-8-9-17-14/h4-10H,3,11H2,1-2H3. The van der Waals surface area contributed by atoms with Crippen molar-refractivity contribution in [3.63, 3.8) is 0 Å². The summed E-state index contributed by atoms with van der Waals surface area (Å²) in [6.45, 7) is 2.69. The van der Waals surface area contributed by atoms with Gasteiger partial charge in [0.2, 0.25) is 0 Å². The SMILES string of the molecule is CCc1ccc(CN(C)C(=O)c2cnccn2)cc1. The highest BCUT2D eigenvalue weighted by Gasteiger charge is 2.13. The monoisotopic (exact) mass is 255 g/mol. The maximum Gasteiger partial charge on any atom is 0.274 e. The molecule has 0 aliphatic rings. The van der Waals surface area contributed by atoms with E-state index in [0.29, 0.717) is 12.2 Å². The number of aryl methyl sites for hydroxylation is 1. The molecule has 0 saturated carbocycles. The van der Waals surface area contributed by atoms with Crippen molar-refractivity contribution in [2.75, 3.05) is 7.05 Å². The summed E-state index contributed by atoms with van der Waals surface area (Å²) in [4.78, 5) is 21.7. The quantitative estimate of drug-likeness (QED) is 0.842. The lowest BCUT2D eigenvalue weighted by Crippen LogP contribution is -2.27. The Morgan fingerprint density at radius 3 is 2.42 bits per heavy atom. The summed E-state index contributed by atoms with van der Waals surface area (Å²) in [7, 11) is 1.77. The second-order valence-corrected chi connectivity index (χ2v) is 4.42. The predicted octanol–water partition coefficient (Wildman–Crippen LogP) is 2.31. The predicted molar refractivity (Wildman–Crippen MR) is 73.6 cm³/mol. The van der Waals surface area contributed by atoms with Crippen molar-refractivity contribution in [3.8, 4) is 0 Å². The van der Waals surface area contributed by atoms with Gasteiger partial charge >= 0.3 is 0 Å². The van der Waals surface area contributed by atoms with Crippen LogP contribution in [0.3, 0.4) is 0 Å². The molecule has 2 rings (SSSR count). The first kappa shape index (κ1) is 13.2. The fourth-order valence-electron chi connectivity index (χ4n) is 1.83. The van der Waals surface area contributed by atoms with Crippen LogP contribution in [0.4, 0.5) is 0 Å². The van der Waals surface area contributed by atoms with Gasteiger partial charge in [-0.25, -0.2) is 4.98 Å². The molecule has 0 unspecified atom stereocenters. The van der Waals surface area contributed by atoms with Gasteiger partial charge in [-0.3, -0.25) is 9.78 Å². The summed E-state index contributed by atoms with van der Waals surface area (Å²) in [5.74, 6) is -0.118. The van der Waals surface area contributed by atoms with Gasteiger partial charge in [0.25, 0.3) is 5.91 Å². The number of nitrogens with zero attached hydrogens (tertiary/aromatic N) is 3. The minimum Gasteiger partial charge on any atom is -0.336 e. The van der Waals surface area contributed by atoms with E-state index in [1.54, 1.807) is 18.1 Å². The number of rotatable bonds is 4. The zero-order valence-electron chi connectivity index (χ0n) is 11.2. The summed E-state index contributed by atoms with van der Waals surface area (Å²) in [6, 6.07) is 8.30. The molecule has 4 nitrogen and oxygen atoms in total. The number of carbonyl (C=O) groups is 1. The zero-order valence-corrected chi connectivity index (χ0v) is 11.2. The van der Waals surface area contributed by atoms with Crippen LogP contribution >= 0.6 is 0 Å². The van der Waals surface area contributed by atoms with Gasteiger partial charge in [0.1, 0.15) is 5.69 Å². The van der Waals surface area contributed by atoms with Crippen LogP contribution in [0.2, 0.25) is 0 Å². The minimum atomic E-state index is -0.118. The number of carbonyl (C=O) groups excluding carboxylic acids is 1. The average Bonchev–Trinajstić information content (AvgIpc) is 2.48. The molecular weight excluding hydrogens is 238 g/mol. The van der Waals surface area contributed by atoms with E-state index in [0.717, 1.165) is 12.0 Å². The van der Waals surface area contributed by atoms with Crippen LogP contribution in [0.15, 0.2) is 42.9 Å². The smallest absolute Gasteiger partial charge is 0.274 e. The molecule has 0 saturated heterocycles. The molecule has 0 aliphatic heterocycles. The number of benzene rings is 1. The number of hydrogen-bond acceptors (Lipinski definition) is 3. The van der Waals surface area contributed by atoms with E-state index in [1.165, 1.54) is 18.0 Å². The van der Waals surface area contributed by atoms with Gasteiger partial charge in [0.05, 0.1) is 6.20 Å². The average molecular weight is 255 g/mol. The van der Waals surface area contributed by atoms with Crippen molar-refractivity contribution in [1.29, 1.82) is 0 Å². The van der Waals surface area contributed by atoms with Gasteiger partial charge in [-0.1, -0.05) is 31.2 Å². The van der Waals surface area contributed by atoms with Gasteiger partial charge in [0.15, 0.2) is 0 Å². The van der Waals surface area contributed by atoms with E-state index in [1.807, 2.05) is 0 Å². The summed E-state index contributed by atoms with van der Waals surface area (Å²) >= 11 is 0. The van der Waals surface area contributed by atoms with Crippen LogP contribution in [-0.4, -0.2) is 27.8 Å². The highest BCUT2D eigenvalue weighted by Crippen LogP contribution is 2.09. The van der Waals surface area contributed by atoms with Gasteiger partial charge in [-0.15, -0.1) is 0 Å². The Labute approximate surface area is 113 Å². The molecule has 1 aromatic carbocycles. The Kier molecular flexibility index (Phi) is 4.23. The van der Waals surface area contributed by atoms with Crippen molar-refractivity contribution in [1.82, 2.24) is 14.9 Å². The number of aromatic nitrogens is 2. The maximum absolute atomic E-state index is 12.1. The second kappa shape index (κ2) is 6.09. The van der Waals surface area contributed by atoms with Gasteiger partial charge < -0.3 is 4.90 Å². The van der Waals surface area contributed by atoms with E-state index in [4.69, 9.17) is 0 Å². The van der Waals surface area contributed by atoms with Crippen LogP contribution in [0.1, 0.15) is 28.5 Å². The van der Waals surface area contributed by atoms with Crippen molar-refractivity contribution in [2.24, 2.45) is 0 Å². The molecule has 4 heteroatoms. The van der Waals surface area contributed by atoms with Crippen LogP contribution in [0.25, 0.3) is 0 Å². The van der Waals surface area contributed by atoms with Crippen molar-refractivity contribution in [2.45, 2.75) is 19.9 Å². The third-order valence-corrected chi connectivity index (χ3v) is 2.98. The van der Waals surface area contributed by atoms with E-state index in [2.05, 4.69) is 41.2 Å². The second-order valence-electron chi connectivity index (χ2n) is 4.42. The van der Waals surface area contributed by atoms with Gasteiger partial charge in [-0.2, -0.15) is 0 Å². The molecule has 0 N–H and O–H groups in total. The first-order valence-electron chi connectivity index (χ1n) is 6.30. The minimum absolute atomic E-state index is 0.118. The summed E-state index contributed by atoms with van der Waals surface area (Å²) in [6.07, 6.45) is 5.59. The molecule has 0 bridgehead atoms. The van der Waals surface area contributed by atoms with E-state index < -0.39 is 0 Å². The molecule has 1 heterocycles. The summed E-state index contributed by atoms with van der Waals surface area (Å²) < 4.78 is 0. The molecule has 0 radical (unpaired) electrons. The molecule has 98 valence electrons. The fraction of sp³-hybridized carbons (Fsp3) is 0.267. The van der Waals surface area contributed by atoms with E-state index in [9.17, 15) is 4.79 Å². The lowest BCUT2D eigenvalue weighted by Gasteiger charge is -2.16. The molecule has 0 spiro atoms. The largest absolute Gasteiger partial charge is 0.336 e. The zero-order chi connectivity index (χ0) is 13.7. The first-order valence-corrected chi connectivity index (χ1v) is 6.30. The third-order valence-electron chi connectivity index (χ3n) is 2.98. The third kappa shape index (κ3) is 3.37. The molecule has 0 atom stereocenters. The number of hydrogen-bond donors (Lipinski definition) is 0. The van der Waals surface area contributed by atoms with E-state index in [-0.39, 0.29) is 5.91 Å². The van der Waals surface area contributed by atoms with Crippen LogP contribution in [0, 0.1) is 0 Å². The Morgan fingerprint density at radius 2 is 1.84 bits per heavy atom. The molecule has 1 aromatic heterocycles. The topological polar surface area (TPSA) is 46.1 Å². The molecule has 19 heavy (non-hydrogen) atoms. The Balaban J connectivity index is 2.04. The molecule has 0 fully saturated rings. The van der Waals surface area contributed by atoms with Crippen LogP contribution in [0.5, 0.6) is 0 Å². The van der Waals surface area contributed by atoms with Crippen molar-refractivity contribution in [3.05, 3.63) is 59.7 Å². The van der Waals surface area contributed by atoms with Crippen LogP contribution in [-0.2, 0) is 13.0 Å². The summed E-state index contributed by atoms with van der Waals surface area (Å²) in [5, 5.41) is 0. The lowest BCUT2D eigenvalue weighted by molar-refractivity contribution is 0.0779. The fourth-order valence-corrected chi connectivity index (χ4v) is 1.83. The highest BCUT2D eigenvalue weighted by molar-refractivity contribution is 5.91. The maximum atomic E-state index is 12.1. The molecule has 2 aromatic rings. The lowest BCUT2D eigenvalue weighted by atomic mass is 10.1.